The summed E-state index contributed by atoms with van der Waals surface area (Å²) < 4.78 is 10.5. The van der Waals surface area contributed by atoms with E-state index < -0.39 is 0 Å². The lowest BCUT2D eigenvalue weighted by molar-refractivity contribution is -0.121. The summed E-state index contributed by atoms with van der Waals surface area (Å²) >= 11 is 0. The zero-order chi connectivity index (χ0) is 23.8. The molecule has 0 radical (unpaired) electrons. The number of rotatable bonds is 10. The Bertz CT molecular complexity index is 1060. The molecule has 1 aliphatic heterocycles. The van der Waals surface area contributed by atoms with Crippen LogP contribution in [0.4, 0.5) is 0 Å². The van der Waals surface area contributed by atoms with E-state index >= 15 is 0 Å². The first-order valence-electron chi connectivity index (χ1n) is 12.2. The maximum Gasteiger partial charge on any atom is 0.226 e. The molecule has 1 unspecified atom stereocenters. The maximum atomic E-state index is 12.4. The van der Waals surface area contributed by atoms with Crippen molar-refractivity contribution in [1.29, 1.82) is 0 Å². The van der Waals surface area contributed by atoms with Gasteiger partial charge in [0.05, 0.1) is 7.11 Å². The topological polar surface area (TPSA) is 80.5 Å². The lowest BCUT2D eigenvalue weighted by Crippen LogP contribution is -2.37. The number of likely N-dealkylation sites (tertiary alicyclic amines) is 1. The Balaban J connectivity index is 1.23. The number of aryl methyl sites for hydroxylation is 1. The predicted molar refractivity (Wildman–Crippen MR) is 131 cm³/mol. The molecule has 0 saturated carbocycles. The van der Waals surface area contributed by atoms with Crippen LogP contribution in [0.25, 0.3) is 11.4 Å². The van der Waals surface area contributed by atoms with E-state index in [-0.39, 0.29) is 5.91 Å². The maximum absolute atomic E-state index is 12.4. The number of carbonyl (C=O) groups is 1. The molecule has 1 N–H and O–H groups in total. The number of hydrogen-bond acceptors (Lipinski definition) is 6. The van der Waals surface area contributed by atoms with Crippen molar-refractivity contribution in [3.63, 3.8) is 0 Å². The van der Waals surface area contributed by atoms with Crippen LogP contribution in [0.5, 0.6) is 5.75 Å². The van der Waals surface area contributed by atoms with E-state index in [9.17, 15) is 4.79 Å². The SMILES string of the molecule is COc1ccc(-c2noc(CCCC(=O)NCc3ccccc3CN3CCCCC3C)n2)cc1. The predicted octanol–water partition coefficient (Wildman–Crippen LogP) is 4.76. The molecule has 3 aromatic rings. The van der Waals surface area contributed by atoms with Crippen LogP contribution in [0.15, 0.2) is 53.1 Å². The summed E-state index contributed by atoms with van der Waals surface area (Å²) in [6.45, 7) is 4.96. The van der Waals surface area contributed by atoms with Crippen LogP contribution in [0.1, 0.15) is 56.0 Å². The van der Waals surface area contributed by atoms with Gasteiger partial charge in [0.1, 0.15) is 5.75 Å². The normalized spacial score (nSPS) is 16.4. The van der Waals surface area contributed by atoms with Gasteiger partial charge in [-0.1, -0.05) is 35.8 Å². The van der Waals surface area contributed by atoms with E-state index in [2.05, 4.69) is 45.5 Å². The van der Waals surface area contributed by atoms with Crippen LogP contribution in [-0.2, 0) is 24.3 Å². The van der Waals surface area contributed by atoms with Gasteiger partial charge in [-0.05, 0) is 68.1 Å². The van der Waals surface area contributed by atoms with E-state index in [4.69, 9.17) is 9.26 Å². The van der Waals surface area contributed by atoms with Gasteiger partial charge in [0.15, 0.2) is 0 Å². The molecule has 1 fully saturated rings. The molecule has 2 aromatic carbocycles. The van der Waals surface area contributed by atoms with Gasteiger partial charge in [-0.2, -0.15) is 4.98 Å². The van der Waals surface area contributed by atoms with Crippen molar-refractivity contribution in [2.24, 2.45) is 0 Å². The van der Waals surface area contributed by atoms with Gasteiger partial charge < -0.3 is 14.6 Å². The van der Waals surface area contributed by atoms with E-state index in [1.807, 2.05) is 30.3 Å². The van der Waals surface area contributed by atoms with Crippen molar-refractivity contribution in [2.75, 3.05) is 13.7 Å². The summed E-state index contributed by atoms with van der Waals surface area (Å²) in [7, 11) is 1.63. The average Bonchev–Trinajstić information content (AvgIpc) is 3.34. The largest absolute Gasteiger partial charge is 0.497 e. The highest BCUT2D eigenvalue weighted by atomic mass is 16.5. The fraction of sp³-hybridized carbons (Fsp3) is 0.444. The number of ether oxygens (including phenoxy) is 1. The Morgan fingerprint density at radius 1 is 1.15 bits per heavy atom. The van der Waals surface area contributed by atoms with Crippen LogP contribution in [0, 0.1) is 0 Å². The number of amides is 1. The molecule has 1 saturated heterocycles. The molecule has 1 aliphatic rings. The van der Waals surface area contributed by atoms with Gasteiger partial charge in [0.2, 0.25) is 17.6 Å². The Labute approximate surface area is 201 Å². The molecule has 7 heteroatoms. The fourth-order valence-corrected chi connectivity index (χ4v) is 4.39. The van der Waals surface area contributed by atoms with Crippen molar-refractivity contribution >= 4 is 5.91 Å². The molecule has 2 heterocycles. The van der Waals surface area contributed by atoms with Gasteiger partial charge in [-0.15, -0.1) is 0 Å². The minimum absolute atomic E-state index is 0.0380. The van der Waals surface area contributed by atoms with Crippen LogP contribution in [-0.4, -0.2) is 40.6 Å². The Kier molecular flexibility index (Phi) is 8.31. The third-order valence-electron chi connectivity index (χ3n) is 6.52. The summed E-state index contributed by atoms with van der Waals surface area (Å²) in [5.41, 5.74) is 3.36. The third kappa shape index (κ3) is 6.44. The number of methoxy groups -OCH3 is 1. The van der Waals surface area contributed by atoms with Crippen molar-refractivity contribution in [3.05, 3.63) is 65.5 Å². The van der Waals surface area contributed by atoms with Crippen LogP contribution in [0.2, 0.25) is 0 Å². The van der Waals surface area contributed by atoms with Gasteiger partial charge in [0.25, 0.3) is 0 Å². The quantitative estimate of drug-likeness (QED) is 0.468. The first kappa shape index (κ1) is 24.0. The zero-order valence-electron chi connectivity index (χ0n) is 20.1. The molecule has 1 atom stereocenters. The monoisotopic (exact) mass is 462 g/mol. The number of hydrogen-bond donors (Lipinski definition) is 1. The highest BCUT2D eigenvalue weighted by Crippen LogP contribution is 2.22. The Morgan fingerprint density at radius 3 is 2.71 bits per heavy atom. The molecule has 4 rings (SSSR count). The molecule has 1 amide bonds. The van der Waals surface area contributed by atoms with Gasteiger partial charge in [-0.3, -0.25) is 9.69 Å². The second-order valence-electron chi connectivity index (χ2n) is 8.95. The van der Waals surface area contributed by atoms with Crippen LogP contribution in [0.3, 0.4) is 0 Å². The summed E-state index contributed by atoms with van der Waals surface area (Å²) in [6, 6.07) is 16.5. The van der Waals surface area contributed by atoms with Crippen LogP contribution < -0.4 is 10.1 Å². The second kappa shape index (κ2) is 11.8. The Morgan fingerprint density at radius 2 is 1.94 bits per heavy atom. The molecular weight excluding hydrogens is 428 g/mol. The molecule has 34 heavy (non-hydrogen) atoms. The van der Waals surface area contributed by atoms with E-state index in [0.29, 0.717) is 43.6 Å². The van der Waals surface area contributed by atoms with Gasteiger partial charge in [-0.25, -0.2) is 0 Å². The average molecular weight is 463 g/mol. The number of benzene rings is 2. The molecule has 7 nitrogen and oxygen atoms in total. The smallest absolute Gasteiger partial charge is 0.226 e. The molecule has 0 bridgehead atoms. The van der Waals surface area contributed by atoms with E-state index in [0.717, 1.165) is 24.4 Å². The van der Waals surface area contributed by atoms with Crippen molar-refractivity contribution in [1.82, 2.24) is 20.4 Å². The lowest BCUT2D eigenvalue weighted by Gasteiger charge is -2.33. The van der Waals surface area contributed by atoms with Crippen molar-refractivity contribution < 1.29 is 14.1 Å². The summed E-state index contributed by atoms with van der Waals surface area (Å²) in [6.07, 6.45) is 5.50. The van der Waals surface area contributed by atoms with Crippen molar-refractivity contribution in [2.45, 2.75) is 64.6 Å². The zero-order valence-corrected chi connectivity index (χ0v) is 20.1. The first-order chi connectivity index (χ1) is 16.6. The summed E-state index contributed by atoms with van der Waals surface area (Å²) in [5.74, 6) is 1.90. The molecular formula is C27H34N4O3. The van der Waals surface area contributed by atoms with Gasteiger partial charge >= 0.3 is 0 Å². The highest BCUT2D eigenvalue weighted by Gasteiger charge is 2.19. The molecule has 0 aliphatic carbocycles. The van der Waals surface area contributed by atoms with Crippen LogP contribution >= 0.6 is 0 Å². The summed E-state index contributed by atoms with van der Waals surface area (Å²) in [5, 5.41) is 7.13. The van der Waals surface area contributed by atoms with E-state index in [1.165, 1.54) is 30.4 Å². The lowest BCUT2D eigenvalue weighted by atomic mass is 10.0. The van der Waals surface area contributed by atoms with Gasteiger partial charge in [0, 0.05) is 37.5 Å². The number of carbonyl (C=O) groups excluding carboxylic acids is 1. The molecule has 1 aromatic heterocycles. The number of aromatic nitrogens is 2. The highest BCUT2D eigenvalue weighted by molar-refractivity contribution is 5.75. The first-order valence-corrected chi connectivity index (χ1v) is 12.2. The van der Waals surface area contributed by atoms with Crippen molar-refractivity contribution in [3.8, 4) is 17.1 Å². The fourth-order valence-electron chi connectivity index (χ4n) is 4.39. The second-order valence-corrected chi connectivity index (χ2v) is 8.95. The Hall–Kier alpha value is -3.19. The van der Waals surface area contributed by atoms with E-state index in [1.54, 1.807) is 7.11 Å². The molecule has 180 valence electrons. The minimum atomic E-state index is 0.0380. The minimum Gasteiger partial charge on any atom is -0.497 e. The third-order valence-corrected chi connectivity index (χ3v) is 6.52. The standard InChI is InChI=1S/C27H34N4O3/c1-20-8-5-6-17-31(20)19-23-10-4-3-9-22(23)18-28-25(32)11-7-12-26-29-27(30-34-26)21-13-15-24(33-2)16-14-21/h3-4,9-10,13-16,20H,5-8,11-12,17-19H2,1-2H3,(H,28,32). The number of nitrogens with one attached hydrogen (secondary N) is 1. The molecule has 0 spiro atoms. The number of nitrogens with zero attached hydrogens (tertiary/aromatic N) is 3. The summed E-state index contributed by atoms with van der Waals surface area (Å²) in [4.78, 5) is 19.4. The number of piperidine rings is 1.